The van der Waals surface area contributed by atoms with Crippen molar-refractivity contribution in [3.63, 3.8) is 0 Å². The Kier molecular flexibility index (Phi) is 5.99. The standard InChI is InChI=1S/C23H27N5O2/c1-17-15-28(16-18(2)30-17)22-9-8-19(13-24-22)14-25-23(29)26-20-6-5-7-21(12-20)27-10-3-4-11-27/h3-13,17-18H,14-16H2,1-2H3,(H2,25,26,29). The molecule has 3 heterocycles. The third kappa shape index (κ3) is 4.99. The maximum atomic E-state index is 12.3. The van der Waals surface area contributed by atoms with Crippen molar-refractivity contribution < 1.29 is 9.53 Å². The van der Waals surface area contributed by atoms with E-state index >= 15 is 0 Å². The Morgan fingerprint density at radius 3 is 2.57 bits per heavy atom. The molecule has 2 N–H and O–H groups in total. The molecule has 2 unspecified atom stereocenters. The lowest BCUT2D eigenvalue weighted by molar-refractivity contribution is -0.00546. The van der Waals surface area contributed by atoms with Gasteiger partial charge in [-0.2, -0.15) is 0 Å². The largest absolute Gasteiger partial charge is 0.372 e. The van der Waals surface area contributed by atoms with Gasteiger partial charge < -0.3 is 24.8 Å². The van der Waals surface area contributed by atoms with E-state index in [1.54, 1.807) is 0 Å². The molecule has 1 saturated heterocycles. The fourth-order valence-electron chi connectivity index (χ4n) is 3.68. The molecule has 3 aromatic rings. The summed E-state index contributed by atoms with van der Waals surface area (Å²) in [6, 6.07) is 15.4. The van der Waals surface area contributed by atoms with Crippen LogP contribution in [-0.4, -0.2) is 40.9 Å². The highest BCUT2D eigenvalue weighted by molar-refractivity contribution is 5.89. The predicted octanol–water partition coefficient (Wildman–Crippen LogP) is 3.81. The van der Waals surface area contributed by atoms with Crippen molar-refractivity contribution in [3.05, 3.63) is 72.7 Å². The van der Waals surface area contributed by atoms with E-state index in [4.69, 9.17) is 4.74 Å². The summed E-state index contributed by atoms with van der Waals surface area (Å²) in [4.78, 5) is 19.1. The summed E-state index contributed by atoms with van der Waals surface area (Å²) in [6.07, 6.45) is 6.13. The van der Waals surface area contributed by atoms with Crippen molar-refractivity contribution in [1.29, 1.82) is 0 Å². The maximum Gasteiger partial charge on any atom is 0.319 e. The second-order valence-electron chi connectivity index (χ2n) is 7.64. The molecule has 2 aromatic heterocycles. The fraction of sp³-hybridized carbons (Fsp3) is 0.304. The molecule has 1 aliphatic rings. The van der Waals surface area contributed by atoms with E-state index in [0.717, 1.165) is 35.8 Å². The Morgan fingerprint density at radius 2 is 1.87 bits per heavy atom. The highest BCUT2D eigenvalue weighted by atomic mass is 16.5. The number of pyridine rings is 1. The normalized spacial score (nSPS) is 18.8. The number of morpholine rings is 1. The van der Waals surface area contributed by atoms with Gasteiger partial charge >= 0.3 is 6.03 Å². The van der Waals surface area contributed by atoms with Gasteiger partial charge in [0.2, 0.25) is 0 Å². The molecule has 0 radical (unpaired) electrons. The number of carbonyl (C=O) groups excluding carboxylic acids is 1. The van der Waals surface area contributed by atoms with E-state index in [-0.39, 0.29) is 18.2 Å². The monoisotopic (exact) mass is 405 g/mol. The highest BCUT2D eigenvalue weighted by Gasteiger charge is 2.22. The number of amides is 2. The van der Waals surface area contributed by atoms with Gasteiger partial charge in [-0.15, -0.1) is 0 Å². The van der Waals surface area contributed by atoms with Crippen LogP contribution in [0.2, 0.25) is 0 Å². The second-order valence-corrected chi connectivity index (χ2v) is 7.64. The van der Waals surface area contributed by atoms with Crippen molar-refractivity contribution in [2.75, 3.05) is 23.3 Å². The summed E-state index contributed by atoms with van der Waals surface area (Å²) >= 11 is 0. The highest BCUT2D eigenvalue weighted by Crippen LogP contribution is 2.18. The quantitative estimate of drug-likeness (QED) is 0.677. The van der Waals surface area contributed by atoms with Gasteiger partial charge in [-0.1, -0.05) is 12.1 Å². The van der Waals surface area contributed by atoms with Crippen molar-refractivity contribution in [2.24, 2.45) is 0 Å². The van der Waals surface area contributed by atoms with Gasteiger partial charge in [-0.3, -0.25) is 0 Å². The van der Waals surface area contributed by atoms with Crippen molar-refractivity contribution in [2.45, 2.75) is 32.6 Å². The van der Waals surface area contributed by atoms with Gasteiger partial charge in [0, 0.05) is 49.6 Å². The number of nitrogens with zero attached hydrogens (tertiary/aromatic N) is 3. The van der Waals surface area contributed by atoms with Crippen molar-refractivity contribution in [1.82, 2.24) is 14.9 Å². The topological polar surface area (TPSA) is 71.4 Å². The van der Waals surface area contributed by atoms with Crippen LogP contribution in [0.3, 0.4) is 0 Å². The zero-order chi connectivity index (χ0) is 20.9. The van der Waals surface area contributed by atoms with Crippen LogP contribution in [0.25, 0.3) is 5.69 Å². The molecule has 0 saturated carbocycles. The number of urea groups is 1. The van der Waals surface area contributed by atoms with Gasteiger partial charge in [0.1, 0.15) is 5.82 Å². The summed E-state index contributed by atoms with van der Waals surface area (Å²) in [7, 11) is 0. The number of nitrogens with one attached hydrogen (secondary N) is 2. The van der Waals surface area contributed by atoms with Gasteiger partial charge in [-0.25, -0.2) is 9.78 Å². The number of ether oxygens (including phenoxy) is 1. The SMILES string of the molecule is CC1CN(c2ccc(CNC(=O)Nc3cccc(-n4cccc4)c3)cn2)CC(C)O1. The Balaban J connectivity index is 1.30. The molecule has 156 valence electrons. The second kappa shape index (κ2) is 9.00. The first-order chi connectivity index (χ1) is 14.6. The van der Waals surface area contributed by atoms with Crippen LogP contribution in [0.5, 0.6) is 0 Å². The molecule has 0 bridgehead atoms. The zero-order valence-corrected chi connectivity index (χ0v) is 17.3. The number of carbonyl (C=O) groups is 1. The molecule has 1 aliphatic heterocycles. The van der Waals surface area contributed by atoms with E-state index in [9.17, 15) is 4.79 Å². The lowest BCUT2D eigenvalue weighted by Crippen LogP contribution is -2.45. The molecule has 1 aromatic carbocycles. The Morgan fingerprint density at radius 1 is 1.10 bits per heavy atom. The van der Waals surface area contributed by atoms with E-state index < -0.39 is 0 Å². The molecule has 4 rings (SSSR count). The molecule has 0 aliphatic carbocycles. The van der Waals surface area contributed by atoms with Crippen LogP contribution >= 0.6 is 0 Å². The smallest absolute Gasteiger partial charge is 0.319 e. The number of anilines is 2. The van der Waals surface area contributed by atoms with Crippen molar-refractivity contribution in [3.8, 4) is 5.69 Å². The number of hydrogen-bond acceptors (Lipinski definition) is 4. The predicted molar refractivity (Wildman–Crippen MR) is 118 cm³/mol. The summed E-state index contributed by atoms with van der Waals surface area (Å²) in [6.45, 7) is 6.23. The Hall–Kier alpha value is -3.32. The molecule has 2 atom stereocenters. The van der Waals surface area contributed by atoms with Gasteiger partial charge in [0.15, 0.2) is 0 Å². The van der Waals surface area contributed by atoms with Crippen LogP contribution in [0.4, 0.5) is 16.3 Å². The number of aromatic nitrogens is 2. The Bertz CT molecular complexity index is 962. The molecule has 2 amide bonds. The molecule has 1 fully saturated rings. The van der Waals surface area contributed by atoms with Crippen LogP contribution < -0.4 is 15.5 Å². The van der Waals surface area contributed by atoms with Crippen LogP contribution in [-0.2, 0) is 11.3 Å². The number of benzene rings is 1. The van der Waals surface area contributed by atoms with E-state index in [2.05, 4.69) is 34.4 Å². The van der Waals surface area contributed by atoms with Gasteiger partial charge in [0.05, 0.1) is 12.2 Å². The average molecular weight is 406 g/mol. The first-order valence-electron chi connectivity index (χ1n) is 10.2. The minimum Gasteiger partial charge on any atom is -0.372 e. The number of hydrogen-bond donors (Lipinski definition) is 2. The molecule has 7 nitrogen and oxygen atoms in total. The molecule has 30 heavy (non-hydrogen) atoms. The first kappa shape index (κ1) is 20.0. The lowest BCUT2D eigenvalue weighted by atomic mass is 10.2. The summed E-state index contributed by atoms with van der Waals surface area (Å²) in [5.74, 6) is 0.937. The van der Waals surface area contributed by atoms with E-state index in [0.29, 0.717) is 6.54 Å². The summed E-state index contributed by atoms with van der Waals surface area (Å²) in [5, 5.41) is 5.77. The number of rotatable bonds is 5. The van der Waals surface area contributed by atoms with Gasteiger partial charge in [-0.05, 0) is 55.8 Å². The van der Waals surface area contributed by atoms with Crippen LogP contribution in [0.15, 0.2) is 67.1 Å². The molecular weight excluding hydrogens is 378 g/mol. The summed E-state index contributed by atoms with van der Waals surface area (Å²) < 4.78 is 7.77. The molecule has 0 spiro atoms. The van der Waals surface area contributed by atoms with E-state index in [1.807, 2.05) is 71.7 Å². The van der Waals surface area contributed by atoms with E-state index in [1.165, 1.54) is 0 Å². The fourth-order valence-corrected chi connectivity index (χ4v) is 3.68. The van der Waals surface area contributed by atoms with Crippen LogP contribution in [0.1, 0.15) is 19.4 Å². The van der Waals surface area contributed by atoms with Gasteiger partial charge in [0.25, 0.3) is 0 Å². The third-order valence-corrected chi connectivity index (χ3v) is 5.01. The molecule has 7 heteroatoms. The molecular formula is C23H27N5O2. The first-order valence-corrected chi connectivity index (χ1v) is 10.2. The zero-order valence-electron chi connectivity index (χ0n) is 17.3. The minimum atomic E-state index is -0.250. The lowest BCUT2D eigenvalue weighted by Gasteiger charge is -2.36. The van der Waals surface area contributed by atoms with Crippen molar-refractivity contribution >= 4 is 17.5 Å². The summed E-state index contributed by atoms with van der Waals surface area (Å²) in [5.41, 5.74) is 2.68. The average Bonchev–Trinajstić information content (AvgIpc) is 3.27. The third-order valence-electron chi connectivity index (χ3n) is 5.01. The maximum absolute atomic E-state index is 12.3. The minimum absolute atomic E-state index is 0.191. The Labute approximate surface area is 176 Å². The van der Waals surface area contributed by atoms with Crippen LogP contribution in [0, 0.1) is 0 Å².